The summed E-state index contributed by atoms with van der Waals surface area (Å²) in [6, 6.07) is 15.1. The van der Waals surface area contributed by atoms with Gasteiger partial charge in [0.2, 0.25) is 5.78 Å². The smallest absolute Gasteiger partial charge is 0.205 e. The molecule has 0 bridgehead atoms. The summed E-state index contributed by atoms with van der Waals surface area (Å²) >= 11 is 1.53. The molecule has 29 heavy (non-hydrogen) atoms. The Balaban J connectivity index is 1.55. The number of aromatic amines is 1. The summed E-state index contributed by atoms with van der Waals surface area (Å²) in [4.78, 5) is 20.3. The molecule has 0 aliphatic rings. The number of carbonyl (C=O) groups is 1. The van der Waals surface area contributed by atoms with E-state index in [1.807, 2.05) is 60.8 Å². The summed E-state index contributed by atoms with van der Waals surface area (Å²) in [5, 5.41) is 12.4. The van der Waals surface area contributed by atoms with Crippen molar-refractivity contribution >= 4 is 34.1 Å². The van der Waals surface area contributed by atoms with Crippen molar-refractivity contribution in [2.24, 2.45) is 0 Å². The first kappa shape index (κ1) is 18.7. The molecule has 0 saturated carbocycles. The van der Waals surface area contributed by atoms with Crippen LogP contribution >= 0.6 is 11.3 Å². The number of carbonyl (C=O) groups excluding carboxylic acids is 1. The van der Waals surface area contributed by atoms with Crippen molar-refractivity contribution in [3.8, 4) is 11.8 Å². The molecule has 0 unspecified atom stereocenters. The number of nitriles is 1. The number of aromatic nitrogens is 2. The SMILES string of the molecule is Cc1cccc2[nH]cc(C(=O)/C(C#N)=C\c3ccc(OCc4cscn4)cc3)c12. The van der Waals surface area contributed by atoms with Gasteiger partial charge in [0.25, 0.3) is 0 Å². The molecular weight excluding hydrogens is 382 g/mol. The number of fused-ring (bicyclic) bond motifs is 1. The Hall–Kier alpha value is -3.69. The van der Waals surface area contributed by atoms with Crippen molar-refractivity contribution in [2.75, 3.05) is 0 Å². The Kier molecular flexibility index (Phi) is 5.23. The van der Waals surface area contributed by atoms with E-state index in [4.69, 9.17) is 4.74 Å². The van der Waals surface area contributed by atoms with Crippen molar-refractivity contribution < 1.29 is 9.53 Å². The molecule has 0 saturated heterocycles. The van der Waals surface area contributed by atoms with Crippen LogP contribution in [0.4, 0.5) is 0 Å². The zero-order valence-corrected chi connectivity index (χ0v) is 16.5. The fourth-order valence-corrected chi connectivity index (χ4v) is 3.68. The maximum atomic E-state index is 13.0. The van der Waals surface area contributed by atoms with Gasteiger partial charge in [0.1, 0.15) is 24.0 Å². The van der Waals surface area contributed by atoms with E-state index in [2.05, 4.69) is 9.97 Å². The third-order valence-electron chi connectivity index (χ3n) is 4.59. The number of rotatable bonds is 6. The third kappa shape index (κ3) is 3.96. The van der Waals surface area contributed by atoms with Crippen molar-refractivity contribution in [3.05, 3.63) is 87.5 Å². The van der Waals surface area contributed by atoms with Gasteiger partial charge in [-0.1, -0.05) is 24.3 Å². The van der Waals surface area contributed by atoms with Crippen LogP contribution in [0.15, 0.2) is 65.1 Å². The molecule has 0 radical (unpaired) electrons. The Labute approximate surface area is 171 Å². The first-order valence-corrected chi connectivity index (χ1v) is 9.93. The minimum atomic E-state index is -0.295. The van der Waals surface area contributed by atoms with E-state index in [0.29, 0.717) is 17.9 Å². The van der Waals surface area contributed by atoms with Crippen LogP contribution in [-0.2, 0) is 6.61 Å². The number of Topliss-reactive ketones (excluding diaryl/α,β-unsaturated/α-hetero) is 1. The number of nitrogens with one attached hydrogen (secondary N) is 1. The van der Waals surface area contributed by atoms with Gasteiger partial charge in [-0.15, -0.1) is 11.3 Å². The molecule has 2 heterocycles. The Morgan fingerprint density at radius 1 is 1.28 bits per heavy atom. The minimum Gasteiger partial charge on any atom is -0.487 e. The lowest BCUT2D eigenvalue weighted by Gasteiger charge is -2.05. The van der Waals surface area contributed by atoms with E-state index >= 15 is 0 Å². The molecular formula is C23H17N3O2S. The second kappa shape index (κ2) is 8.13. The summed E-state index contributed by atoms with van der Waals surface area (Å²) in [5.74, 6) is 0.407. The van der Waals surface area contributed by atoms with Crippen molar-refractivity contribution in [1.82, 2.24) is 9.97 Å². The predicted molar refractivity (Wildman–Crippen MR) is 114 cm³/mol. The number of H-pyrrole nitrogens is 1. The van der Waals surface area contributed by atoms with Gasteiger partial charge < -0.3 is 9.72 Å². The predicted octanol–water partition coefficient (Wildman–Crippen LogP) is 5.30. The molecule has 0 spiro atoms. The van der Waals surface area contributed by atoms with Crippen molar-refractivity contribution in [3.63, 3.8) is 0 Å². The molecule has 0 aliphatic carbocycles. The molecule has 0 fully saturated rings. The van der Waals surface area contributed by atoms with Crippen molar-refractivity contribution in [2.45, 2.75) is 13.5 Å². The summed E-state index contributed by atoms with van der Waals surface area (Å²) in [5.41, 5.74) is 5.87. The van der Waals surface area contributed by atoms with Crippen LogP contribution in [0.5, 0.6) is 5.75 Å². The lowest BCUT2D eigenvalue weighted by Crippen LogP contribution is -2.01. The van der Waals surface area contributed by atoms with E-state index in [1.54, 1.807) is 17.8 Å². The molecule has 0 aliphatic heterocycles. The number of hydrogen-bond donors (Lipinski definition) is 1. The summed E-state index contributed by atoms with van der Waals surface area (Å²) < 4.78 is 5.69. The number of benzene rings is 2. The fourth-order valence-electron chi connectivity index (χ4n) is 3.13. The normalized spacial score (nSPS) is 11.4. The number of allylic oxidation sites excluding steroid dienone is 1. The van der Waals surface area contributed by atoms with E-state index in [-0.39, 0.29) is 11.4 Å². The molecule has 6 heteroatoms. The first-order valence-electron chi connectivity index (χ1n) is 8.99. The number of thiazole rings is 1. The highest BCUT2D eigenvalue weighted by Crippen LogP contribution is 2.25. The number of nitrogens with zero attached hydrogens (tertiary/aromatic N) is 2. The summed E-state index contributed by atoms with van der Waals surface area (Å²) in [6.45, 7) is 2.35. The number of hydrogen-bond acceptors (Lipinski definition) is 5. The summed E-state index contributed by atoms with van der Waals surface area (Å²) in [7, 11) is 0. The molecule has 1 N–H and O–H groups in total. The van der Waals surface area contributed by atoms with E-state index < -0.39 is 0 Å². The van der Waals surface area contributed by atoms with Crippen LogP contribution in [0.25, 0.3) is 17.0 Å². The number of ether oxygens (including phenoxy) is 1. The van der Waals surface area contributed by atoms with Gasteiger partial charge in [0.15, 0.2) is 0 Å². The zero-order chi connectivity index (χ0) is 20.2. The molecule has 2 aromatic carbocycles. The highest BCUT2D eigenvalue weighted by atomic mass is 32.1. The van der Waals surface area contributed by atoms with Gasteiger partial charge in [0, 0.05) is 28.0 Å². The van der Waals surface area contributed by atoms with Crippen molar-refractivity contribution in [1.29, 1.82) is 5.26 Å². The highest BCUT2D eigenvalue weighted by molar-refractivity contribution is 7.07. The van der Waals surface area contributed by atoms with Gasteiger partial charge >= 0.3 is 0 Å². The van der Waals surface area contributed by atoms with Gasteiger partial charge in [-0.2, -0.15) is 5.26 Å². The number of aryl methyl sites for hydroxylation is 1. The standard InChI is InChI=1S/C23H17N3O2S/c1-15-3-2-4-21-22(15)20(11-25-21)23(27)17(10-24)9-16-5-7-19(8-6-16)28-12-18-13-29-14-26-18/h2-9,11,13-14,25H,12H2,1H3/b17-9-. The van der Waals surface area contributed by atoms with Gasteiger partial charge in [-0.05, 0) is 42.3 Å². The van der Waals surface area contributed by atoms with E-state index in [0.717, 1.165) is 27.7 Å². The van der Waals surface area contributed by atoms with Crippen LogP contribution in [-0.4, -0.2) is 15.8 Å². The second-order valence-corrected chi connectivity index (χ2v) is 7.25. The minimum absolute atomic E-state index is 0.0882. The van der Waals surface area contributed by atoms with E-state index in [1.165, 1.54) is 11.3 Å². The molecule has 142 valence electrons. The molecule has 5 nitrogen and oxygen atoms in total. The van der Waals surface area contributed by atoms with Crippen LogP contribution in [0.1, 0.15) is 27.2 Å². The lowest BCUT2D eigenvalue weighted by atomic mass is 9.99. The average molecular weight is 399 g/mol. The zero-order valence-electron chi connectivity index (χ0n) is 15.7. The Morgan fingerprint density at radius 2 is 2.10 bits per heavy atom. The van der Waals surface area contributed by atoms with Crippen LogP contribution in [0.3, 0.4) is 0 Å². The van der Waals surface area contributed by atoms with Crippen LogP contribution in [0, 0.1) is 18.3 Å². The first-order chi connectivity index (χ1) is 14.2. The van der Waals surface area contributed by atoms with Gasteiger partial charge in [0.05, 0.1) is 11.2 Å². The molecule has 0 amide bonds. The quantitative estimate of drug-likeness (QED) is 0.271. The lowest BCUT2D eigenvalue weighted by molar-refractivity contribution is 0.104. The van der Waals surface area contributed by atoms with Crippen LogP contribution in [0.2, 0.25) is 0 Å². The summed E-state index contributed by atoms with van der Waals surface area (Å²) in [6.07, 6.45) is 3.27. The largest absolute Gasteiger partial charge is 0.487 e. The van der Waals surface area contributed by atoms with Gasteiger partial charge in [-0.25, -0.2) is 4.98 Å². The fraction of sp³-hybridized carbons (Fsp3) is 0.0870. The average Bonchev–Trinajstić information content (AvgIpc) is 3.41. The Morgan fingerprint density at radius 3 is 2.83 bits per heavy atom. The molecule has 4 aromatic rings. The monoisotopic (exact) mass is 399 g/mol. The molecule has 4 rings (SSSR count). The van der Waals surface area contributed by atoms with Gasteiger partial charge in [-0.3, -0.25) is 4.79 Å². The third-order valence-corrected chi connectivity index (χ3v) is 5.22. The molecule has 0 atom stereocenters. The second-order valence-electron chi connectivity index (χ2n) is 6.54. The maximum Gasteiger partial charge on any atom is 0.205 e. The topological polar surface area (TPSA) is 78.8 Å². The Bertz CT molecular complexity index is 1230. The van der Waals surface area contributed by atoms with Crippen LogP contribution < -0.4 is 4.74 Å². The van der Waals surface area contributed by atoms with E-state index in [9.17, 15) is 10.1 Å². The highest BCUT2D eigenvalue weighted by Gasteiger charge is 2.17. The number of ketones is 1. The molecule has 2 aromatic heterocycles. The maximum absolute atomic E-state index is 13.0.